The van der Waals surface area contributed by atoms with Crippen LogP contribution in [0.1, 0.15) is 12.8 Å². The van der Waals surface area contributed by atoms with Gasteiger partial charge >= 0.3 is 0 Å². The molecule has 1 saturated heterocycles. The number of hydrogen-bond donors (Lipinski definition) is 1. The van der Waals surface area contributed by atoms with E-state index < -0.39 is 5.82 Å². The second-order valence-corrected chi connectivity index (χ2v) is 6.86. The summed E-state index contributed by atoms with van der Waals surface area (Å²) in [7, 11) is 1.59. The van der Waals surface area contributed by atoms with Crippen LogP contribution in [0.2, 0.25) is 5.02 Å². The number of nitrogens with zero attached hydrogens (tertiary/aromatic N) is 2. The van der Waals surface area contributed by atoms with E-state index in [1.165, 1.54) is 18.5 Å². The third-order valence-corrected chi connectivity index (χ3v) is 4.80. The lowest BCUT2D eigenvalue weighted by Gasteiger charge is -2.24. The minimum atomic E-state index is -0.477. The van der Waals surface area contributed by atoms with E-state index in [-0.39, 0.29) is 11.1 Å². The smallest absolute Gasteiger partial charge is 0.162 e. The Balaban J connectivity index is 1.70. The average Bonchev–Trinajstić information content (AvgIpc) is 2.71. The Morgan fingerprint density at radius 1 is 1.21 bits per heavy atom. The van der Waals surface area contributed by atoms with E-state index in [0.717, 1.165) is 24.8 Å². The van der Waals surface area contributed by atoms with Crippen LogP contribution in [0.4, 0.5) is 15.9 Å². The maximum atomic E-state index is 13.4. The maximum absolute atomic E-state index is 13.4. The van der Waals surface area contributed by atoms with Gasteiger partial charge in [-0.25, -0.2) is 14.4 Å². The number of ether oxygens (including phenoxy) is 3. The van der Waals surface area contributed by atoms with Gasteiger partial charge in [0.2, 0.25) is 0 Å². The van der Waals surface area contributed by atoms with E-state index in [4.69, 9.17) is 25.8 Å². The van der Waals surface area contributed by atoms with Gasteiger partial charge in [-0.1, -0.05) is 11.6 Å². The topological polar surface area (TPSA) is 65.5 Å². The minimum Gasteiger partial charge on any atom is -0.493 e. The highest BCUT2D eigenvalue weighted by Crippen LogP contribution is 2.36. The van der Waals surface area contributed by atoms with Crippen molar-refractivity contribution in [1.82, 2.24) is 9.97 Å². The predicted molar refractivity (Wildman–Crippen MR) is 105 cm³/mol. The van der Waals surface area contributed by atoms with Gasteiger partial charge in [-0.05, 0) is 37.1 Å². The van der Waals surface area contributed by atoms with Gasteiger partial charge in [0.1, 0.15) is 24.1 Å². The van der Waals surface area contributed by atoms with Crippen LogP contribution < -0.4 is 14.8 Å². The Morgan fingerprint density at radius 2 is 2.11 bits per heavy atom. The molecule has 8 heteroatoms. The highest BCUT2D eigenvalue weighted by atomic mass is 35.5. The van der Waals surface area contributed by atoms with Crippen LogP contribution in [-0.4, -0.2) is 36.4 Å². The van der Waals surface area contributed by atoms with E-state index in [1.54, 1.807) is 19.2 Å². The summed E-state index contributed by atoms with van der Waals surface area (Å²) in [6, 6.07) is 8.05. The fraction of sp³-hybridized carbons (Fsp3) is 0.300. The van der Waals surface area contributed by atoms with Crippen LogP contribution in [0.15, 0.2) is 36.7 Å². The van der Waals surface area contributed by atoms with Crippen molar-refractivity contribution in [3.05, 3.63) is 47.5 Å². The molecule has 6 nitrogen and oxygen atoms in total. The predicted octanol–water partition coefficient (Wildman–Crippen LogP) is 4.73. The third kappa shape index (κ3) is 3.95. The van der Waals surface area contributed by atoms with Gasteiger partial charge in [0.25, 0.3) is 0 Å². The molecule has 1 aliphatic heterocycles. The lowest BCUT2D eigenvalue weighted by Crippen LogP contribution is -2.28. The van der Waals surface area contributed by atoms with E-state index in [0.29, 0.717) is 35.1 Å². The zero-order valence-corrected chi connectivity index (χ0v) is 16.0. The quantitative estimate of drug-likeness (QED) is 0.664. The second-order valence-electron chi connectivity index (χ2n) is 6.45. The van der Waals surface area contributed by atoms with Gasteiger partial charge in [-0.15, -0.1) is 0 Å². The van der Waals surface area contributed by atoms with Crippen LogP contribution in [0.3, 0.4) is 0 Å². The van der Waals surface area contributed by atoms with Crippen molar-refractivity contribution in [2.45, 2.75) is 18.9 Å². The molecule has 2 aromatic carbocycles. The summed E-state index contributed by atoms with van der Waals surface area (Å²) in [5.41, 5.74) is 1.31. The summed E-state index contributed by atoms with van der Waals surface area (Å²) < 4.78 is 30.5. The number of aromatic nitrogens is 2. The number of benzene rings is 2. The van der Waals surface area contributed by atoms with Gasteiger partial charge in [-0.2, -0.15) is 0 Å². The number of methoxy groups -OCH3 is 1. The Bertz CT molecular complexity index is 996. The first kappa shape index (κ1) is 18.7. The number of fused-ring (bicyclic) bond motifs is 1. The van der Waals surface area contributed by atoms with Crippen molar-refractivity contribution >= 4 is 34.0 Å². The van der Waals surface area contributed by atoms with E-state index in [9.17, 15) is 4.39 Å². The zero-order chi connectivity index (χ0) is 19.5. The normalized spacial score (nSPS) is 16.8. The summed E-state index contributed by atoms with van der Waals surface area (Å²) >= 11 is 5.88. The number of anilines is 2. The molecule has 1 aliphatic rings. The van der Waals surface area contributed by atoms with Crippen LogP contribution in [0, 0.1) is 5.82 Å². The van der Waals surface area contributed by atoms with Crippen LogP contribution in [0.25, 0.3) is 10.9 Å². The minimum absolute atomic E-state index is 0.0305. The molecule has 1 N–H and O–H groups in total. The molecule has 1 atom stereocenters. The Hall–Kier alpha value is -2.64. The average molecular weight is 404 g/mol. The molecule has 2 heterocycles. The summed E-state index contributed by atoms with van der Waals surface area (Å²) in [5, 5.41) is 3.94. The van der Waals surface area contributed by atoms with Gasteiger partial charge in [-0.3, -0.25) is 0 Å². The molecule has 1 unspecified atom stereocenters. The molecule has 146 valence electrons. The molecule has 1 fully saturated rings. The van der Waals surface area contributed by atoms with Crippen LogP contribution in [0.5, 0.6) is 11.5 Å². The first-order valence-corrected chi connectivity index (χ1v) is 9.31. The van der Waals surface area contributed by atoms with Crippen molar-refractivity contribution < 1.29 is 18.6 Å². The number of hydrogen-bond acceptors (Lipinski definition) is 6. The van der Waals surface area contributed by atoms with E-state index in [1.807, 2.05) is 6.07 Å². The number of rotatable bonds is 5. The van der Waals surface area contributed by atoms with Crippen molar-refractivity contribution in [2.24, 2.45) is 0 Å². The Labute approximate surface area is 166 Å². The number of halogens is 2. The van der Waals surface area contributed by atoms with Crippen molar-refractivity contribution in [3.8, 4) is 11.5 Å². The van der Waals surface area contributed by atoms with E-state index in [2.05, 4.69) is 15.3 Å². The standard InChI is InChI=1S/C20H19ClFN3O3/c1-26-18-9-17-14(8-19(18)28-13-3-2-6-27-10-13)20(24-11-23-17)25-12-4-5-16(22)15(21)7-12/h4-5,7-9,11,13H,2-3,6,10H2,1H3,(H,23,24,25). The zero-order valence-electron chi connectivity index (χ0n) is 15.2. The summed E-state index contributed by atoms with van der Waals surface area (Å²) in [6.45, 7) is 1.31. The Kier molecular flexibility index (Phi) is 5.45. The van der Waals surface area contributed by atoms with Gasteiger partial charge in [0.15, 0.2) is 11.5 Å². The Morgan fingerprint density at radius 3 is 2.86 bits per heavy atom. The largest absolute Gasteiger partial charge is 0.493 e. The fourth-order valence-corrected chi connectivity index (χ4v) is 3.29. The second kappa shape index (κ2) is 8.16. The summed E-state index contributed by atoms with van der Waals surface area (Å²) in [4.78, 5) is 8.63. The fourth-order valence-electron chi connectivity index (χ4n) is 3.11. The SMILES string of the molecule is COc1cc2ncnc(Nc3ccc(F)c(Cl)c3)c2cc1OC1CCCOC1. The van der Waals surface area contributed by atoms with Crippen LogP contribution >= 0.6 is 11.6 Å². The van der Waals surface area contributed by atoms with Crippen LogP contribution in [-0.2, 0) is 4.74 Å². The molecule has 0 saturated carbocycles. The van der Waals surface area contributed by atoms with Crippen molar-refractivity contribution in [1.29, 1.82) is 0 Å². The molecule has 0 aliphatic carbocycles. The summed E-state index contributed by atoms with van der Waals surface area (Å²) in [5.74, 6) is 1.27. The highest BCUT2D eigenvalue weighted by molar-refractivity contribution is 6.31. The van der Waals surface area contributed by atoms with Crippen molar-refractivity contribution in [3.63, 3.8) is 0 Å². The molecule has 1 aromatic heterocycles. The molecule has 0 amide bonds. The molecule has 4 rings (SSSR count). The molecular formula is C20H19ClFN3O3. The van der Waals surface area contributed by atoms with Crippen molar-refractivity contribution in [2.75, 3.05) is 25.6 Å². The van der Waals surface area contributed by atoms with Gasteiger partial charge in [0.05, 0.1) is 24.3 Å². The molecule has 0 bridgehead atoms. The molecule has 0 spiro atoms. The van der Waals surface area contributed by atoms with Gasteiger partial charge in [0, 0.05) is 23.7 Å². The number of nitrogens with one attached hydrogen (secondary N) is 1. The first-order valence-electron chi connectivity index (χ1n) is 8.93. The highest BCUT2D eigenvalue weighted by Gasteiger charge is 2.19. The molecular weight excluding hydrogens is 385 g/mol. The lowest BCUT2D eigenvalue weighted by atomic mass is 10.1. The van der Waals surface area contributed by atoms with E-state index >= 15 is 0 Å². The van der Waals surface area contributed by atoms with Gasteiger partial charge < -0.3 is 19.5 Å². The first-order chi connectivity index (χ1) is 13.6. The maximum Gasteiger partial charge on any atom is 0.162 e. The molecule has 3 aromatic rings. The molecule has 0 radical (unpaired) electrons. The third-order valence-electron chi connectivity index (χ3n) is 4.52. The summed E-state index contributed by atoms with van der Waals surface area (Å²) in [6.07, 6.45) is 3.30. The molecule has 28 heavy (non-hydrogen) atoms. The lowest BCUT2D eigenvalue weighted by molar-refractivity contribution is 0.00651. The monoisotopic (exact) mass is 403 g/mol.